The van der Waals surface area contributed by atoms with E-state index in [0.717, 1.165) is 38.2 Å². The molecule has 0 spiro atoms. The Hall–Kier alpha value is -3.31. The number of nitrogens with one attached hydrogen (secondary N) is 1. The van der Waals surface area contributed by atoms with E-state index in [-0.39, 0.29) is 11.5 Å². The largest absolute Gasteiger partial charge is 0.382 e. The summed E-state index contributed by atoms with van der Waals surface area (Å²) in [6.45, 7) is 10.6. The van der Waals surface area contributed by atoms with Gasteiger partial charge in [0.15, 0.2) is 5.01 Å². The molecule has 0 saturated heterocycles. The van der Waals surface area contributed by atoms with Gasteiger partial charge in [0.05, 0.1) is 34.2 Å². The van der Waals surface area contributed by atoms with Crippen LogP contribution in [-0.4, -0.2) is 30.8 Å². The van der Waals surface area contributed by atoms with Gasteiger partial charge >= 0.3 is 0 Å². The highest BCUT2D eigenvalue weighted by Crippen LogP contribution is 2.36. The molecule has 0 fully saturated rings. The maximum absolute atomic E-state index is 9.10. The number of anilines is 1. The summed E-state index contributed by atoms with van der Waals surface area (Å²) in [6.07, 6.45) is 3.41. The molecule has 0 aliphatic rings. The van der Waals surface area contributed by atoms with E-state index < -0.39 is 0 Å². The molecule has 0 bridgehead atoms. The number of nitriles is 1. The molecule has 7 nitrogen and oxygen atoms in total. The third-order valence-electron chi connectivity index (χ3n) is 4.54. The highest BCUT2D eigenvalue weighted by Gasteiger charge is 2.22. The van der Waals surface area contributed by atoms with Crippen molar-refractivity contribution in [3.8, 4) is 28.0 Å². The number of hydrogen-bond donors (Lipinski definition) is 1. The van der Waals surface area contributed by atoms with E-state index in [9.17, 15) is 0 Å². The van der Waals surface area contributed by atoms with Crippen LogP contribution in [0.25, 0.3) is 27.5 Å². The van der Waals surface area contributed by atoms with Gasteiger partial charge in [0.1, 0.15) is 11.1 Å². The molecule has 0 atom stereocenters. The quantitative estimate of drug-likeness (QED) is 0.507. The fourth-order valence-corrected chi connectivity index (χ4v) is 4.01. The lowest BCUT2D eigenvalue weighted by Crippen LogP contribution is -2.11. The number of pyridine rings is 1. The maximum atomic E-state index is 9.10. The first-order valence-electron chi connectivity index (χ1n) is 9.75. The monoisotopic (exact) mass is 417 g/mol. The highest BCUT2D eigenvalue weighted by atomic mass is 32.1. The van der Waals surface area contributed by atoms with Crippen LogP contribution >= 0.6 is 11.3 Å². The first-order chi connectivity index (χ1) is 14.3. The molecule has 152 valence electrons. The van der Waals surface area contributed by atoms with Crippen LogP contribution in [0.5, 0.6) is 0 Å². The minimum atomic E-state index is -0.0479. The van der Waals surface area contributed by atoms with Gasteiger partial charge in [-0.05, 0) is 38.1 Å². The van der Waals surface area contributed by atoms with Crippen LogP contribution in [0.2, 0.25) is 0 Å². The summed E-state index contributed by atoms with van der Waals surface area (Å²) in [4.78, 5) is 4.70. The van der Waals surface area contributed by atoms with E-state index in [0.29, 0.717) is 5.56 Å². The summed E-state index contributed by atoms with van der Waals surface area (Å²) in [5.41, 5.74) is 4.88. The zero-order valence-electron chi connectivity index (χ0n) is 17.6. The minimum absolute atomic E-state index is 0.0479. The molecular formula is C22H23N7S. The molecule has 4 aromatic rings. The van der Waals surface area contributed by atoms with Crippen molar-refractivity contribution in [2.75, 3.05) is 5.32 Å². The molecule has 0 unspecified atom stereocenters. The lowest BCUT2D eigenvalue weighted by Gasteiger charge is -2.15. The standard InChI is InChI=1S/C22H23N7S/c1-13(2)26-17-9-18(19-7-6-15-8-14(10-23)11-25-29(15)19)24-12-16(17)20-27-28-21(30-20)22(3,4)5/h6-9,11-13H,1-5H3,(H,24,26). The molecule has 0 aliphatic heterocycles. The molecule has 0 amide bonds. The smallest absolute Gasteiger partial charge is 0.151 e. The fourth-order valence-electron chi connectivity index (χ4n) is 3.09. The van der Waals surface area contributed by atoms with E-state index in [2.05, 4.69) is 61.3 Å². The average Bonchev–Trinajstić information content (AvgIpc) is 3.34. The summed E-state index contributed by atoms with van der Waals surface area (Å²) in [6, 6.07) is 10.1. The highest BCUT2D eigenvalue weighted by molar-refractivity contribution is 7.14. The van der Waals surface area contributed by atoms with Crippen LogP contribution in [0.3, 0.4) is 0 Å². The zero-order valence-corrected chi connectivity index (χ0v) is 18.4. The minimum Gasteiger partial charge on any atom is -0.382 e. The van der Waals surface area contributed by atoms with Crippen LogP contribution in [0.15, 0.2) is 36.7 Å². The van der Waals surface area contributed by atoms with Gasteiger partial charge in [-0.15, -0.1) is 10.2 Å². The van der Waals surface area contributed by atoms with E-state index in [4.69, 9.17) is 10.2 Å². The van der Waals surface area contributed by atoms with Gasteiger partial charge < -0.3 is 5.32 Å². The summed E-state index contributed by atoms with van der Waals surface area (Å²) < 4.78 is 1.80. The van der Waals surface area contributed by atoms with E-state index in [1.165, 1.54) is 0 Å². The lowest BCUT2D eigenvalue weighted by molar-refractivity contribution is 0.578. The Labute approximate surface area is 179 Å². The summed E-state index contributed by atoms with van der Waals surface area (Å²) in [5.74, 6) is 0. The van der Waals surface area contributed by atoms with Gasteiger partial charge in [-0.3, -0.25) is 4.98 Å². The molecule has 0 aliphatic carbocycles. The molecule has 30 heavy (non-hydrogen) atoms. The second-order valence-corrected chi connectivity index (χ2v) is 9.47. The molecule has 1 N–H and O–H groups in total. The summed E-state index contributed by atoms with van der Waals surface area (Å²) >= 11 is 1.59. The van der Waals surface area contributed by atoms with Crippen LogP contribution in [0.1, 0.15) is 45.2 Å². The predicted octanol–water partition coefficient (Wildman–Crippen LogP) is 4.90. The Bertz CT molecular complexity index is 1250. The Morgan fingerprint density at radius 2 is 1.93 bits per heavy atom. The molecular weight excluding hydrogens is 394 g/mol. The topological polar surface area (TPSA) is 91.8 Å². The molecule has 0 aromatic carbocycles. The average molecular weight is 418 g/mol. The van der Waals surface area contributed by atoms with Crippen molar-refractivity contribution in [3.05, 3.63) is 47.2 Å². The van der Waals surface area contributed by atoms with Crippen LogP contribution in [0.4, 0.5) is 5.69 Å². The van der Waals surface area contributed by atoms with Crippen molar-refractivity contribution in [1.29, 1.82) is 5.26 Å². The number of aromatic nitrogens is 5. The van der Waals surface area contributed by atoms with Gasteiger partial charge in [-0.1, -0.05) is 32.1 Å². The molecule has 0 radical (unpaired) electrons. The van der Waals surface area contributed by atoms with Gasteiger partial charge in [-0.2, -0.15) is 10.4 Å². The third-order valence-corrected chi connectivity index (χ3v) is 5.92. The van der Waals surface area contributed by atoms with E-state index >= 15 is 0 Å². The van der Waals surface area contributed by atoms with Crippen molar-refractivity contribution in [2.24, 2.45) is 0 Å². The van der Waals surface area contributed by atoms with Crippen LogP contribution in [-0.2, 0) is 5.41 Å². The second-order valence-electron chi connectivity index (χ2n) is 8.49. The van der Waals surface area contributed by atoms with Gasteiger partial charge in [-0.25, -0.2) is 4.52 Å². The second kappa shape index (κ2) is 7.50. The summed E-state index contributed by atoms with van der Waals surface area (Å²) in [7, 11) is 0. The first-order valence-corrected chi connectivity index (χ1v) is 10.6. The predicted molar refractivity (Wildman–Crippen MR) is 119 cm³/mol. The summed E-state index contributed by atoms with van der Waals surface area (Å²) in [5, 5.41) is 27.7. The normalized spacial score (nSPS) is 11.8. The maximum Gasteiger partial charge on any atom is 0.151 e. The van der Waals surface area contributed by atoms with Crippen LogP contribution < -0.4 is 5.32 Å². The van der Waals surface area contributed by atoms with Crippen molar-refractivity contribution in [1.82, 2.24) is 24.8 Å². The molecule has 4 aromatic heterocycles. The van der Waals surface area contributed by atoms with E-state index in [1.54, 1.807) is 22.0 Å². The Kier molecular flexibility index (Phi) is 5.00. The fraction of sp³-hybridized carbons (Fsp3) is 0.318. The van der Waals surface area contributed by atoms with Gasteiger partial charge in [0, 0.05) is 23.3 Å². The van der Waals surface area contributed by atoms with Gasteiger partial charge in [0.2, 0.25) is 0 Å². The molecule has 4 rings (SSSR count). The molecule has 8 heteroatoms. The number of hydrogen-bond acceptors (Lipinski definition) is 7. The lowest BCUT2D eigenvalue weighted by atomic mass is 9.98. The SMILES string of the molecule is CC(C)Nc1cc(-c2ccc3cc(C#N)cnn23)ncc1-c1nnc(C(C)(C)C)s1. The van der Waals surface area contributed by atoms with Crippen molar-refractivity contribution >= 4 is 22.5 Å². The van der Waals surface area contributed by atoms with Crippen molar-refractivity contribution in [2.45, 2.75) is 46.1 Å². The Morgan fingerprint density at radius 1 is 1.13 bits per heavy atom. The number of nitrogens with zero attached hydrogens (tertiary/aromatic N) is 6. The Balaban J connectivity index is 1.81. The molecule has 4 heterocycles. The first kappa shape index (κ1) is 20.0. The number of rotatable bonds is 4. The zero-order chi connectivity index (χ0) is 21.5. The van der Waals surface area contributed by atoms with E-state index in [1.807, 2.05) is 30.5 Å². The number of fused-ring (bicyclic) bond motifs is 1. The van der Waals surface area contributed by atoms with Gasteiger partial charge in [0.25, 0.3) is 0 Å². The van der Waals surface area contributed by atoms with Crippen molar-refractivity contribution in [3.63, 3.8) is 0 Å². The van der Waals surface area contributed by atoms with Crippen LogP contribution in [0, 0.1) is 11.3 Å². The molecule has 0 saturated carbocycles. The third kappa shape index (κ3) is 3.76. The van der Waals surface area contributed by atoms with Crippen molar-refractivity contribution < 1.29 is 0 Å². The Morgan fingerprint density at radius 3 is 2.60 bits per heavy atom.